The van der Waals surface area contributed by atoms with Crippen molar-refractivity contribution in [2.24, 2.45) is 5.73 Å². The van der Waals surface area contributed by atoms with Crippen LogP contribution in [0.3, 0.4) is 0 Å². The first-order valence-corrected chi connectivity index (χ1v) is 7.23. The number of hydrogen-bond acceptors (Lipinski definition) is 4. The maximum atomic E-state index is 11.8. The molecule has 2 aromatic rings. The van der Waals surface area contributed by atoms with Gasteiger partial charge in [0.25, 0.3) is 0 Å². The van der Waals surface area contributed by atoms with Crippen LogP contribution in [0.4, 0.5) is 4.79 Å². The van der Waals surface area contributed by atoms with Crippen LogP contribution in [0.15, 0.2) is 54.6 Å². The smallest absolute Gasteiger partial charge is 0.336 e. The molecule has 124 valence electrons. The van der Waals surface area contributed by atoms with Crippen LogP contribution in [0.25, 0.3) is 6.08 Å². The summed E-state index contributed by atoms with van der Waals surface area (Å²) in [5, 5.41) is 2.48. The van der Waals surface area contributed by atoms with Gasteiger partial charge < -0.3 is 20.5 Å². The van der Waals surface area contributed by atoms with Gasteiger partial charge in [-0.3, -0.25) is 0 Å². The highest BCUT2D eigenvalue weighted by Gasteiger charge is 2.02. The fraction of sp³-hybridized carbons (Fsp3) is 0.111. The van der Waals surface area contributed by atoms with Crippen molar-refractivity contribution in [1.82, 2.24) is 5.32 Å². The van der Waals surface area contributed by atoms with E-state index in [1.165, 1.54) is 6.08 Å². The lowest BCUT2D eigenvalue weighted by molar-refractivity contribution is -0.128. The molecule has 0 spiro atoms. The van der Waals surface area contributed by atoms with Gasteiger partial charge in [0.05, 0.1) is 7.11 Å². The van der Waals surface area contributed by atoms with Gasteiger partial charge in [0.2, 0.25) is 0 Å². The van der Waals surface area contributed by atoms with Crippen LogP contribution in [-0.2, 0) is 11.3 Å². The van der Waals surface area contributed by atoms with Gasteiger partial charge in [-0.05, 0) is 41.5 Å². The van der Waals surface area contributed by atoms with Crippen LogP contribution in [0, 0.1) is 0 Å². The second-order valence-electron chi connectivity index (χ2n) is 4.89. The summed E-state index contributed by atoms with van der Waals surface area (Å²) in [6.07, 6.45) is 2.99. The van der Waals surface area contributed by atoms with E-state index in [9.17, 15) is 9.59 Å². The van der Waals surface area contributed by atoms with Crippen LogP contribution < -0.4 is 20.5 Å². The van der Waals surface area contributed by atoms with Crippen molar-refractivity contribution in [3.8, 4) is 11.5 Å². The predicted molar refractivity (Wildman–Crippen MR) is 90.5 cm³/mol. The SMILES string of the molecule is COc1cccc(/C=C/C(=O)Oc2ccc(CNC(N)=O)cc2)c1. The molecule has 24 heavy (non-hydrogen) atoms. The predicted octanol–water partition coefficient (Wildman–Crippen LogP) is 2.48. The minimum Gasteiger partial charge on any atom is -0.497 e. The Hall–Kier alpha value is -3.28. The number of hydrogen-bond donors (Lipinski definition) is 2. The molecule has 0 atom stereocenters. The normalized spacial score (nSPS) is 10.4. The van der Waals surface area contributed by atoms with Gasteiger partial charge in [-0.25, -0.2) is 9.59 Å². The van der Waals surface area contributed by atoms with Crippen molar-refractivity contribution < 1.29 is 19.1 Å². The summed E-state index contributed by atoms with van der Waals surface area (Å²) in [6.45, 7) is 0.319. The number of primary amides is 1. The zero-order valence-electron chi connectivity index (χ0n) is 13.2. The largest absolute Gasteiger partial charge is 0.497 e. The lowest BCUT2D eigenvalue weighted by atomic mass is 10.2. The molecule has 6 nitrogen and oxygen atoms in total. The van der Waals surface area contributed by atoms with E-state index in [2.05, 4.69) is 5.32 Å². The Labute approximate surface area is 139 Å². The van der Waals surface area contributed by atoms with Gasteiger partial charge in [0.1, 0.15) is 11.5 Å². The number of methoxy groups -OCH3 is 1. The fourth-order valence-electron chi connectivity index (χ4n) is 1.92. The Kier molecular flexibility index (Phi) is 5.96. The number of nitrogens with one attached hydrogen (secondary N) is 1. The summed E-state index contributed by atoms with van der Waals surface area (Å²) in [7, 11) is 1.58. The topological polar surface area (TPSA) is 90.7 Å². The minimum absolute atomic E-state index is 0.319. The zero-order chi connectivity index (χ0) is 17.4. The van der Waals surface area contributed by atoms with E-state index < -0.39 is 12.0 Å². The number of esters is 1. The summed E-state index contributed by atoms with van der Waals surface area (Å²) >= 11 is 0. The molecule has 2 amide bonds. The first-order chi connectivity index (χ1) is 11.6. The number of nitrogens with two attached hydrogens (primary N) is 1. The van der Waals surface area contributed by atoms with E-state index in [1.54, 1.807) is 37.5 Å². The van der Waals surface area contributed by atoms with Gasteiger partial charge in [-0.15, -0.1) is 0 Å². The molecular weight excluding hydrogens is 308 g/mol. The van der Waals surface area contributed by atoms with Crippen molar-refractivity contribution in [2.45, 2.75) is 6.54 Å². The first kappa shape index (κ1) is 17.1. The molecule has 3 N–H and O–H groups in total. The Balaban J connectivity index is 1.91. The molecular formula is C18H18N2O4. The van der Waals surface area contributed by atoms with Crippen molar-refractivity contribution in [1.29, 1.82) is 0 Å². The van der Waals surface area contributed by atoms with E-state index in [0.717, 1.165) is 11.1 Å². The summed E-state index contributed by atoms with van der Waals surface area (Å²) in [5.41, 5.74) is 6.68. The van der Waals surface area contributed by atoms with Crippen molar-refractivity contribution in [3.63, 3.8) is 0 Å². The lowest BCUT2D eigenvalue weighted by Crippen LogP contribution is -2.28. The van der Waals surface area contributed by atoms with Gasteiger partial charge in [0.15, 0.2) is 0 Å². The first-order valence-electron chi connectivity index (χ1n) is 7.23. The maximum absolute atomic E-state index is 11.8. The summed E-state index contributed by atoms with van der Waals surface area (Å²) in [6, 6.07) is 13.5. The number of amides is 2. The van der Waals surface area contributed by atoms with Gasteiger partial charge in [-0.1, -0.05) is 24.3 Å². The highest BCUT2D eigenvalue weighted by molar-refractivity contribution is 5.88. The number of carbonyl (C=O) groups excluding carboxylic acids is 2. The monoisotopic (exact) mass is 326 g/mol. The van der Waals surface area contributed by atoms with Crippen LogP contribution in [0.5, 0.6) is 11.5 Å². The number of urea groups is 1. The molecule has 0 aliphatic rings. The van der Waals surface area contributed by atoms with Crippen LogP contribution >= 0.6 is 0 Å². The average molecular weight is 326 g/mol. The Morgan fingerprint density at radius 2 is 1.88 bits per heavy atom. The van der Waals surface area contributed by atoms with Crippen molar-refractivity contribution >= 4 is 18.1 Å². The van der Waals surface area contributed by atoms with Crippen molar-refractivity contribution in [2.75, 3.05) is 7.11 Å². The highest BCUT2D eigenvalue weighted by Crippen LogP contribution is 2.15. The molecule has 0 aromatic heterocycles. The molecule has 2 aromatic carbocycles. The van der Waals surface area contributed by atoms with Crippen molar-refractivity contribution in [3.05, 3.63) is 65.7 Å². The summed E-state index contributed by atoms with van der Waals surface area (Å²) in [5.74, 6) is 0.643. The molecule has 0 bridgehead atoms. The van der Waals surface area contributed by atoms with E-state index in [0.29, 0.717) is 18.0 Å². The summed E-state index contributed by atoms with van der Waals surface area (Å²) < 4.78 is 10.3. The third-order valence-electron chi connectivity index (χ3n) is 3.11. The molecule has 0 unspecified atom stereocenters. The molecule has 0 fully saturated rings. The fourth-order valence-corrected chi connectivity index (χ4v) is 1.92. The van der Waals surface area contributed by atoms with Gasteiger partial charge in [0, 0.05) is 12.6 Å². The standard InChI is InChI=1S/C18H18N2O4/c1-23-16-4-2-3-13(11-16)7-10-17(21)24-15-8-5-14(6-9-15)12-20-18(19)22/h2-11H,12H2,1H3,(H3,19,20,22)/b10-7+. The highest BCUT2D eigenvalue weighted by atomic mass is 16.5. The second kappa shape index (κ2) is 8.38. The number of carbonyl (C=O) groups is 2. The lowest BCUT2D eigenvalue weighted by Gasteiger charge is -2.04. The molecule has 0 aliphatic heterocycles. The molecule has 0 saturated heterocycles. The van der Waals surface area contributed by atoms with E-state index >= 15 is 0 Å². The van der Waals surface area contributed by atoms with Gasteiger partial charge >= 0.3 is 12.0 Å². The minimum atomic E-state index is -0.590. The molecule has 6 heteroatoms. The van der Waals surface area contributed by atoms with Crippen LogP contribution in [0.2, 0.25) is 0 Å². The van der Waals surface area contributed by atoms with Crippen LogP contribution in [-0.4, -0.2) is 19.1 Å². The zero-order valence-corrected chi connectivity index (χ0v) is 13.2. The Bertz CT molecular complexity index is 739. The summed E-state index contributed by atoms with van der Waals surface area (Å²) in [4.78, 5) is 22.5. The number of benzene rings is 2. The quantitative estimate of drug-likeness (QED) is 0.485. The third kappa shape index (κ3) is 5.49. The van der Waals surface area contributed by atoms with Crippen LogP contribution in [0.1, 0.15) is 11.1 Å². The van der Waals surface area contributed by atoms with E-state index in [-0.39, 0.29) is 0 Å². The van der Waals surface area contributed by atoms with E-state index in [4.69, 9.17) is 15.2 Å². The number of rotatable bonds is 6. The maximum Gasteiger partial charge on any atom is 0.336 e. The van der Waals surface area contributed by atoms with Gasteiger partial charge in [-0.2, -0.15) is 0 Å². The third-order valence-corrected chi connectivity index (χ3v) is 3.11. The Morgan fingerprint density at radius 3 is 2.54 bits per heavy atom. The number of ether oxygens (including phenoxy) is 2. The van der Waals surface area contributed by atoms with E-state index in [1.807, 2.05) is 24.3 Å². The Morgan fingerprint density at radius 1 is 1.12 bits per heavy atom. The molecule has 0 heterocycles. The average Bonchev–Trinajstić information content (AvgIpc) is 2.59. The molecule has 0 aliphatic carbocycles. The second-order valence-corrected chi connectivity index (χ2v) is 4.89. The molecule has 2 rings (SSSR count). The molecule has 0 radical (unpaired) electrons. The molecule has 0 saturated carbocycles.